The number of anilines is 1. The first-order chi connectivity index (χ1) is 20.3. The summed E-state index contributed by atoms with van der Waals surface area (Å²) in [6, 6.07) is 9.21. The van der Waals surface area contributed by atoms with Gasteiger partial charge < -0.3 is 28.6 Å². The van der Waals surface area contributed by atoms with Gasteiger partial charge in [-0.25, -0.2) is 19.2 Å². The molecule has 0 aromatic heterocycles. The van der Waals surface area contributed by atoms with Crippen LogP contribution in [0.4, 0.5) is 5.69 Å². The molecule has 11 nitrogen and oxygen atoms in total. The number of ether oxygens (including phenoxy) is 5. The minimum Gasteiger partial charge on any atom is -0.459 e. The Morgan fingerprint density at radius 3 is 1.58 bits per heavy atom. The molecule has 1 rings (SSSR count). The molecule has 0 atom stereocenters. The van der Waals surface area contributed by atoms with Crippen LogP contribution in [0.5, 0.6) is 0 Å². The van der Waals surface area contributed by atoms with Crippen LogP contribution in [0.2, 0.25) is 0 Å². The summed E-state index contributed by atoms with van der Waals surface area (Å²) in [6.45, 7) is 18.5. The fourth-order valence-corrected chi connectivity index (χ4v) is 3.35. The molecule has 0 aliphatic rings. The Morgan fingerprint density at radius 1 is 0.767 bits per heavy atom. The lowest BCUT2D eigenvalue weighted by atomic mass is 10.1. The molecule has 0 heterocycles. The van der Waals surface area contributed by atoms with Crippen LogP contribution >= 0.6 is 0 Å². The van der Waals surface area contributed by atoms with E-state index in [4.69, 9.17) is 23.7 Å². The van der Waals surface area contributed by atoms with Gasteiger partial charge in [-0.2, -0.15) is 5.26 Å². The maximum absolute atomic E-state index is 12.6. The van der Waals surface area contributed by atoms with Crippen molar-refractivity contribution in [1.82, 2.24) is 0 Å². The number of carbonyl (C=O) groups excluding carboxylic acids is 4. The number of hydrogen-bond acceptors (Lipinski definition) is 11. The first-order valence-corrected chi connectivity index (χ1v) is 13.5. The molecule has 43 heavy (non-hydrogen) atoms. The molecule has 0 saturated heterocycles. The second-order valence-electron chi connectivity index (χ2n) is 9.67. The van der Waals surface area contributed by atoms with Crippen molar-refractivity contribution < 1.29 is 42.9 Å². The molecule has 232 valence electrons. The normalized spacial score (nSPS) is 11.0. The summed E-state index contributed by atoms with van der Waals surface area (Å²) in [5.74, 6) is -3.16. The number of esters is 4. The van der Waals surface area contributed by atoms with E-state index in [-0.39, 0.29) is 35.5 Å². The number of benzene rings is 1. The lowest BCUT2D eigenvalue weighted by Crippen LogP contribution is -2.49. The average molecular weight is 597 g/mol. The van der Waals surface area contributed by atoms with Gasteiger partial charge in [-0.3, -0.25) is 0 Å². The fourth-order valence-electron chi connectivity index (χ4n) is 3.35. The van der Waals surface area contributed by atoms with E-state index in [0.717, 1.165) is 18.8 Å². The van der Waals surface area contributed by atoms with Gasteiger partial charge in [0.1, 0.15) is 38.1 Å². The maximum atomic E-state index is 12.6. The average Bonchev–Trinajstić information content (AvgIpc) is 2.98. The van der Waals surface area contributed by atoms with Gasteiger partial charge in [-0.15, -0.1) is 0 Å². The van der Waals surface area contributed by atoms with Crippen molar-refractivity contribution in [2.24, 2.45) is 0 Å². The van der Waals surface area contributed by atoms with Crippen LogP contribution < -0.4 is 4.90 Å². The van der Waals surface area contributed by atoms with E-state index in [1.54, 1.807) is 12.1 Å². The summed E-state index contributed by atoms with van der Waals surface area (Å²) in [5, 5.41) is 9.54. The SMILES string of the molecule is C=C(C)C(=O)OCC(COC(=O)C(=C)C)(COC(=O)C(=C)C)OCCOC(=O)/C(C#N)=C/c1ccc(N(CC)CC)cc1. The van der Waals surface area contributed by atoms with Gasteiger partial charge in [-0.1, -0.05) is 31.9 Å². The van der Waals surface area contributed by atoms with Crippen molar-refractivity contribution in [1.29, 1.82) is 5.26 Å². The third-order valence-corrected chi connectivity index (χ3v) is 5.84. The molecule has 0 saturated carbocycles. The number of rotatable bonds is 18. The molecule has 0 fully saturated rings. The van der Waals surface area contributed by atoms with Gasteiger partial charge in [0.2, 0.25) is 0 Å². The molecule has 0 aliphatic carbocycles. The summed E-state index contributed by atoms with van der Waals surface area (Å²) in [5.41, 5.74) is 0.0211. The van der Waals surface area contributed by atoms with E-state index < -0.39 is 49.3 Å². The van der Waals surface area contributed by atoms with Crippen molar-refractivity contribution in [2.45, 2.75) is 40.2 Å². The predicted molar refractivity (Wildman–Crippen MR) is 161 cm³/mol. The topological polar surface area (TPSA) is 141 Å². The molecular weight excluding hydrogens is 556 g/mol. The zero-order valence-electron chi connectivity index (χ0n) is 25.5. The molecule has 0 radical (unpaired) electrons. The van der Waals surface area contributed by atoms with E-state index in [1.165, 1.54) is 26.8 Å². The summed E-state index contributed by atoms with van der Waals surface area (Å²) < 4.78 is 26.8. The standard InChI is InChI=1S/C32H40N2O9/c1-9-34(10-2)27-13-11-25(12-14-27)17-26(18-33)31(38)39-15-16-43-32(19-40-28(35)22(3)4,20-41-29(36)23(5)6)21-42-30(37)24(7)8/h11-14,17H,3,5,7,9-10,15-16,19-21H2,1-2,4,6,8H3/b26-17+. The first-order valence-electron chi connectivity index (χ1n) is 13.5. The van der Waals surface area contributed by atoms with Gasteiger partial charge in [-0.05, 0) is 58.4 Å². The molecule has 0 aliphatic heterocycles. The molecule has 0 spiro atoms. The van der Waals surface area contributed by atoms with Crippen LogP contribution in [0.15, 0.2) is 66.3 Å². The molecule has 0 unspecified atom stereocenters. The van der Waals surface area contributed by atoms with Crippen LogP contribution in [-0.2, 0) is 42.9 Å². The lowest BCUT2D eigenvalue weighted by Gasteiger charge is -2.32. The molecular formula is C32H40N2O9. The summed E-state index contributed by atoms with van der Waals surface area (Å²) in [6.07, 6.45) is 1.41. The molecule has 1 aromatic carbocycles. The minimum absolute atomic E-state index is 0.0965. The van der Waals surface area contributed by atoms with E-state index in [2.05, 4.69) is 24.6 Å². The van der Waals surface area contributed by atoms with E-state index in [1.807, 2.05) is 32.0 Å². The highest BCUT2D eigenvalue weighted by Gasteiger charge is 2.37. The van der Waals surface area contributed by atoms with Crippen molar-refractivity contribution in [3.05, 3.63) is 71.9 Å². The number of carbonyl (C=O) groups is 4. The van der Waals surface area contributed by atoms with Crippen LogP contribution in [0, 0.1) is 11.3 Å². The van der Waals surface area contributed by atoms with Crippen molar-refractivity contribution in [3.63, 3.8) is 0 Å². The highest BCUT2D eigenvalue weighted by atomic mass is 16.6. The summed E-state index contributed by atoms with van der Waals surface area (Å²) in [4.78, 5) is 51.1. The predicted octanol–water partition coefficient (Wildman–Crippen LogP) is 4.10. The van der Waals surface area contributed by atoms with Gasteiger partial charge >= 0.3 is 23.9 Å². The number of hydrogen-bond donors (Lipinski definition) is 0. The Bertz CT molecular complexity index is 1190. The molecule has 0 bridgehead atoms. The van der Waals surface area contributed by atoms with Gasteiger partial charge in [0.05, 0.1) is 6.61 Å². The molecule has 0 N–H and O–H groups in total. The van der Waals surface area contributed by atoms with Crippen molar-refractivity contribution in [3.8, 4) is 6.07 Å². The van der Waals surface area contributed by atoms with Crippen molar-refractivity contribution in [2.75, 3.05) is 51.0 Å². The quantitative estimate of drug-likeness (QED) is 0.0795. The molecule has 11 heteroatoms. The first kappa shape index (κ1) is 36.3. The highest BCUT2D eigenvalue weighted by molar-refractivity contribution is 5.98. The van der Waals surface area contributed by atoms with Gasteiger partial charge in [0.15, 0.2) is 5.60 Å². The molecule has 0 amide bonds. The number of nitriles is 1. The van der Waals surface area contributed by atoms with Crippen molar-refractivity contribution >= 4 is 35.6 Å². The van der Waals surface area contributed by atoms with Gasteiger partial charge in [0, 0.05) is 35.5 Å². The largest absolute Gasteiger partial charge is 0.459 e. The lowest BCUT2D eigenvalue weighted by molar-refractivity contribution is -0.186. The summed E-state index contributed by atoms with van der Waals surface area (Å²) >= 11 is 0. The van der Waals surface area contributed by atoms with Crippen LogP contribution in [-0.4, -0.2) is 75.6 Å². The Hall–Kier alpha value is -4.69. The Labute approximate surface area is 253 Å². The maximum Gasteiger partial charge on any atom is 0.348 e. The zero-order valence-corrected chi connectivity index (χ0v) is 25.5. The van der Waals surface area contributed by atoms with Crippen LogP contribution in [0.3, 0.4) is 0 Å². The third kappa shape index (κ3) is 12.4. The summed E-state index contributed by atoms with van der Waals surface area (Å²) in [7, 11) is 0. The molecule has 1 aromatic rings. The smallest absolute Gasteiger partial charge is 0.348 e. The minimum atomic E-state index is -1.69. The Balaban J connectivity index is 3.05. The van der Waals surface area contributed by atoms with Crippen LogP contribution in [0.1, 0.15) is 40.2 Å². The van der Waals surface area contributed by atoms with E-state index in [9.17, 15) is 24.4 Å². The highest BCUT2D eigenvalue weighted by Crippen LogP contribution is 2.19. The second kappa shape index (κ2) is 18.0. The van der Waals surface area contributed by atoms with E-state index >= 15 is 0 Å². The fraction of sp³-hybridized carbons (Fsp3) is 0.406. The Morgan fingerprint density at radius 2 is 1.21 bits per heavy atom. The van der Waals surface area contributed by atoms with Crippen LogP contribution in [0.25, 0.3) is 6.08 Å². The Kier molecular flexibility index (Phi) is 15.2. The van der Waals surface area contributed by atoms with E-state index in [0.29, 0.717) is 5.56 Å². The van der Waals surface area contributed by atoms with Gasteiger partial charge in [0.25, 0.3) is 0 Å². The number of nitrogens with zero attached hydrogens (tertiary/aromatic N) is 2. The third-order valence-electron chi connectivity index (χ3n) is 5.84. The second-order valence-corrected chi connectivity index (χ2v) is 9.67. The zero-order chi connectivity index (χ0) is 32.6. The monoisotopic (exact) mass is 596 g/mol.